The second-order valence-electron chi connectivity index (χ2n) is 29.5. The van der Waals surface area contributed by atoms with E-state index in [1.54, 1.807) is 0 Å². The third-order valence-corrected chi connectivity index (χ3v) is 76.9. The van der Waals surface area contributed by atoms with Crippen LogP contribution in [-0.4, -0.2) is 174 Å². The topological polar surface area (TPSA) is 210 Å². The molecule has 2 atom stereocenters. The first-order chi connectivity index (χ1) is 50.7. The van der Waals surface area contributed by atoms with Crippen LogP contribution in [-0.2, 0) is 93.0 Å². The lowest BCUT2D eigenvalue weighted by atomic mass is 10.4. The molecule has 8 fully saturated rings. The lowest BCUT2D eigenvalue weighted by Crippen LogP contribution is -2.93. The molecule has 8 aromatic carbocycles. The first-order valence-electron chi connectivity index (χ1n) is 36.2. The van der Waals surface area contributed by atoms with E-state index in [0.717, 1.165) is 38.1 Å². The van der Waals surface area contributed by atoms with Gasteiger partial charge in [-0.1, -0.05) is 243 Å². The van der Waals surface area contributed by atoms with Gasteiger partial charge in [0.15, 0.2) is 16.6 Å². The quantitative estimate of drug-likeness (QED) is 0.0261. The van der Waals surface area contributed by atoms with E-state index in [9.17, 15) is 0 Å². The van der Waals surface area contributed by atoms with Crippen LogP contribution in [0.4, 0.5) is 0 Å². The molecule has 16 rings (SSSR count). The summed E-state index contributed by atoms with van der Waals surface area (Å²) in [6, 6.07) is 78.2. The van der Waals surface area contributed by atoms with Gasteiger partial charge in [-0.05, 0) is 77.3 Å². The Bertz CT molecular complexity index is 3750. The lowest BCUT2D eigenvalue weighted by molar-refractivity contribution is 0.0133. The van der Waals surface area contributed by atoms with Gasteiger partial charge in [-0.3, -0.25) is 0 Å². The fourth-order valence-corrected chi connectivity index (χ4v) is 90.3. The molecular formula is C70H92O22Si14. The Hall–Kier alpha value is -4.08. The van der Waals surface area contributed by atoms with E-state index in [-0.39, 0.29) is 12.2 Å². The highest BCUT2D eigenvalue weighted by molar-refractivity contribution is 7.13. The largest absolute Gasteiger partial charge is 0.515 e. The van der Waals surface area contributed by atoms with Crippen LogP contribution in [0.15, 0.2) is 243 Å². The molecule has 8 saturated heterocycles. The van der Waals surface area contributed by atoms with Crippen LogP contribution in [0.3, 0.4) is 0 Å². The van der Waals surface area contributed by atoms with Crippen molar-refractivity contribution in [3.8, 4) is 0 Å². The smallest absolute Gasteiger partial charge is 0.436 e. The Labute approximate surface area is 636 Å². The van der Waals surface area contributed by atoms with Crippen molar-refractivity contribution in [3.63, 3.8) is 0 Å². The van der Waals surface area contributed by atoms with Gasteiger partial charge in [0.2, 0.25) is 0 Å². The molecule has 0 amide bonds. The molecule has 8 heterocycles. The van der Waals surface area contributed by atoms with Crippen LogP contribution in [0.5, 0.6) is 0 Å². The van der Waals surface area contributed by atoms with Crippen LogP contribution in [0.2, 0.25) is 77.6 Å². The van der Waals surface area contributed by atoms with Gasteiger partial charge in [0.05, 0.1) is 26.4 Å². The standard InChI is InChI=1S/C70H92O22Si14/c1-93(2,55-35-53-71-57-61-59-73-61)75-95(5,6)77-97(9)79-99(63-37-19-11-20-38-63)83-103(67-45-27-15-28-46-67)87-101(65-41-23-13-24-42-65)81-98(10,78-96(7,8)76-94(3,4)56-36-54-72-58-62-60-74-62)82-102(66-43-25-14-26-44-66)89-105(91-103,69-49-31-17-32-50-69)85-100(80-97,64-39-21-12-22-40-64)86-106(90-102,70-51-33-18-34-52-70)92-104(84-99,88-101)68-47-29-16-30-48-68/h11-34,37-52,61-62H,35-36,53-60H2,1-10H3. The fraction of sp³-hybridized carbons (Fsp3) is 0.314. The third-order valence-electron chi connectivity index (χ3n) is 18.4. The summed E-state index contributed by atoms with van der Waals surface area (Å²) < 4.78 is 176. The normalized spacial score (nSPS) is 32.3. The van der Waals surface area contributed by atoms with Crippen LogP contribution in [0.25, 0.3) is 0 Å². The zero-order valence-electron chi connectivity index (χ0n) is 61.3. The Morgan fingerprint density at radius 1 is 0.283 bits per heavy atom. The molecule has 0 aromatic heterocycles. The molecule has 0 spiro atoms. The second-order valence-corrected chi connectivity index (χ2v) is 74.8. The summed E-state index contributed by atoms with van der Waals surface area (Å²) in [5.41, 5.74) is 0. The van der Waals surface area contributed by atoms with Crippen LogP contribution in [0.1, 0.15) is 12.8 Å². The van der Waals surface area contributed by atoms with Gasteiger partial charge in [0, 0.05) is 67.8 Å². The summed E-state index contributed by atoms with van der Waals surface area (Å²) in [7, 11) is -65.6. The maximum absolute atomic E-state index is 8.76. The molecule has 8 aliphatic rings. The van der Waals surface area contributed by atoms with Crippen LogP contribution in [0, 0.1) is 0 Å². The molecule has 22 nitrogen and oxygen atoms in total. The minimum Gasteiger partial charge on any atom is -0.436 e. The Kier molecular flexibility index (Phi) is 22.2. The van der Waals surface area contributed by atoms with Crippen molar-refractivity contribution < 1.29 is 93.0 Å². The number of fused-ring (bicyclic) bond motifs is 4. The number of epoxide rings is 2. The van der Waals surface area contributed by atoms with E-state index < -0.39 is 122 Å². The summed E-state index contributed by atoms with van der Waals surface area (Å²) in [6.45, 7) is 24.3. The van der Waals surface area contributed by atoms with Crippen molar-refractivity contribution in [2.24, 2.45) is 0 Å². The van der Waals surface area contributed by atoms with Crippen molar-refractivity contribution in [3.05, 3.63) is 243 Å². The predicted octanol–water partition coefficient (Wildman–Crippen LogP) is 7.68. The molecule has 8 aliphatic heterocycles. The molecule has 0 radical (unpaired) electrons. The van der Waals surface area contributed by atoms with Crippen molar-refractivity contribution in [1.82, 2.24) is 0 Å². The average molecular weight is 1680 g/mol. The minimum atomic E-state index is -5.45. The molecule has 0 N–H and O–H groups in total. The van der Waals surface area contributed by atoms with E-state index in [2.05, 4.69) is 26.2 Å². The van der Waals surface area contributed by atoms with Crippen LogP contribution >= 0.6 is 0 Å². The van der Waals surface area contributed by atoms with Crippen molar-refractivity contribution in [1.29, 1.82) is 0 Å². The number of ether oxygens (including phenoxy) is 4. The van der Waals surface area contributed by atoms with Crippen molar-refractivity contribution in [2.45, 2.75) is 103 Å². The zero-order valence-corrected chi connectivity index (χ0v) is 75.3. The van der Waals surface area contributed by atoms with Gasteiger partial charge in [0.25, 0.3) is 0 Å². The van der Waals surface area contributed by atoms with Gasteiger partial charge in [-0.25, -0.2) is 0 Å². The average Bonchev–Trinajstić information content (AvgIpc) is 0.888. The summed E-state index contributed by atoms with van der Waals surface area (Å²) >= 11 is 0. The van der Waals surface area contributed by atoms with E-state index in [1.807, 2.05) is 282 Å². The number of hydrogen-bond donors (Lipinski definition) is 0. The van der Waals surface area contributed by atoms with E-state index in [0.29, 0.717) is 67.9 Å². The number of benzene rings is 8. The molecule has 560 valence electrons. The van der Waals surface area contributed by atoms with Crippen LogP contribution < -0.4 is 41.5 Å². The molecule has 8 bridgehead atoms. The number of hydrogen-bond acceptors (Lipinski definition) is 22. The predicted molar refractivity (Wildman–Crippen MR) is 427 cm³/mol. The summed E-state index contributed by atoms with van der Waals surface area (Å²) in [5.74, 6) is 0. The molecular weight excluding hydrogens is 1590 g/mol. The Balaban J connectivity index is 1.08. The monoisotopic (exact) mass is 1680 g/mol. The minimum absolute atomic E-state index is 0.147. The number of rotatable bonds is 28. The first-order valence-corrected chi connectivity index (χ1v) is 66.3. The van der Waals surface area contributed by atoms with Gasteiger partial charge >= 0.3 is 105 Å². The van der Waals surface area contributed by atoms with Crippen molar-refractivity contribution >= 4 is 163 Å². The zero-order chi connectivity index (χ0) is 73.7. The highest BCUT2D eigenvalue weighted by Crippen LogP contribution is 2.48. The molecule has 8 aromatic rings. The second kappa shape index (κ2) is 30.4. The van der Waals surface area contributed by atoms with E-state index in [4.69, 9.17) is 93.0 Å². The summed E-state index contributed by atoms with van der Waals surface area (Å²) in [4.78, 5) is 0. The Morgan fingerprint density at radius 2 is 0.462 bits per heavy atom. The van der Waals surface area contributed by atoms with E-state index in [1.165, 1.54) is 0 Å². The molecule has 2 unspecified atom stereocenters. The van der Waals surface area contributed by atoms with Gasteiger partial charge < -0.3 is 93.0 Å². The third kappa shape index (κ3) is 17.0. The summed E-state index contributed by atoms with van der Waals surface area (Å²) in [6.07, 6.45) is 1.81. The lowest BCUT2D eigenvalue weighted by Gasteiger charge is -2.60. The van der Waals surface area contributed by atoms with Gasteiger partial charge in [-0.15, -0.1) is 0 Å². The Morgan fingerprint density at radius 3 is 0.642 bits per heavy atom. The van der Waals surface area contributed by atoms with Gasteiger partial charge in [-0.2, -0.15) is 0 Å². The maximum Gasteiger partial charge on any atom is 0.515 e. The van der Waals surface area contributed by atoms with Gasteiger partial charge in [0.1, 0.15) is 12.2 Å². The molecule has 0 aliphatic carbocycles. The molecule has 106 heavy (non-hydrogen) atoms. The molecule has 0 saturated carbocycles. The van der Waals surface area contributed by atoms with E-state index >= 15 is 0 Å². The summed E-state index contributed by atoms with van der Waals surface area (Å²) in [5, 5.41) is 3.46. The maximum atomic E-state index is 8.76. The fourth-order valence-electron chi connectivity index (χ4n) is 14.2. The highest BCUT2D eigenvalue weighted by atomic mass is 28.6. The van der Waals surface area contributed by atoms with Crippen molar-refractivity contribution in [2.75, 3.05) is 39.6 Å². The first kappa shape index (κ1) is 77.2. The SMILES string of the molecule is C[Si](C)(CCCOCC1CO1)O[Si](C)(C)O[Si]1(C)O[Si]2(c3ccccc3)O[Si]3(c4ccccc4)O[Si]4(c5ccccc5)O[Si](C)(O[Si](C)(C)O[Si](C)(C)CCCOCC5CO5)O[Si]5(c6ccccc6)O[Si](c6ccccc6)(O[Si](c6ccccc6)(O1)O[Si](c1ccccc1)(O5)O[Si](c1ccccc1)(O2)O4)O3. The highest BCUT2D eigenvalue weighted by Gasteiger charge is 2.84. The molecule has 36 heteroatoms.